The van der Waals surface area contributed by atoms with E-state index in [2.05, 4.69) is 22.6 Å². The second-order valence-corrected chi connectivity index (χ2v) is 3.79. The van der Waals surface area contributed by atoms with Crippen LogP contribution in [0.2, 0.25) is 0 Å². The number of carbonyl (C=O) groups excluding carboxylic acids is 2. The molecule has 108 valence electrons. The Hall–Kier alpha value is -1.98. The van der Waals surface area contributed by atoms with Crippen molar-refractivity contribution in [1.29, 1.82) is 0 Å². The summed E-state index contributed by atoms with van der Waals surface area (Å²) in [5.41, 5.74) is 0. The van der Waals surface area contributed by atoms with Crippen LogP contribution in [0.1, 0.15) is 20.3 Å². The predicted octanol–water partition coefficient (Wildman–Crippen LogP) is 2.83. The number of carbonyl (C=O) groups is 2. The van der Waals surface area contributed by atoms with Gasteiger partial charge in [-0.3, -0.25) is 0 Å². The summed E-state index contributed by atoms with van der Waals surface area (Å²) in [5, 5.41) is 0. The van der Waals surface area contributed by atoms with E-state index >= 15 is 0 Å². The summed E-state index contributed by atoms with van der Waals surface area (Å²) in [6.45, 7) is 10.3. The van der Waals surface area contributed by atoms with Crippen molar-refractivity contribution < 1.29 is 28.5 Å². The second-order valence-electron chi connectivity index (χ2n) is 3.79. The maximum absolute atomic E-state index is 11.1. The fraction of sp³-hybridized carbons (Fsp3) is 0.538. The van der Waals surface area contributed by atoms with Gasteiger partial charge in [0, 0.05) is 6.42 Å². The SMILES string of the molecule is C=CCOC(=O)O[C@H](C)C[C@@H](C)OC(=O)OCC=C. The number of hydrogen-bond acceptors (Lipinski definition) is 6. The van der Waals surface area contributed by atoms with Gasteiger partial charge in [0.05, 0.1) is 0 Å². The van der Waals surface area contributed by atoms with E-state index in [0.29, 0.717) is 6.42 Å². The minimum absolute atomic E-state index is 0.0888. The summed E-state index contributed by atoms with van der Waals surface area (Å²) < 4.78 is 19.2. The maximum atomic E-state index is 11.1. The first kappa shape index (κ1) is 17.0. The molecular formula is C13H20O6. The van der Waals surface area contributed by atoms with Gasteiger partial charge in [0.15, 0.2) is 0 Å². The van der Waals surface area contributed by atoms with Crippen LogP contribution in [0.15, 0.2) is 25.3 Å². The smallest absolute Gasteiger partial charge is 0.431 e. The lowest BCUT2D eigenvalue weighted by Crippen LogP contribution is -2.24. The molecule has 0 aliphatic rings. The van der Waals surface area contributed by atoms with Crippen molar-refractivity contribution in [3.8, 4) is 0 Å². The van der Waals surface area contributed by atoms with Gasteiger partial charge in [0.1, 0.15) is 25.4 Å². The highest BCUT2D eigenvalue weighted by molar-refractivity contribution is 5.60. The molecule has 0 aromatic carbocycles. The van der Waals surface area contributed by atoms with Crippen molar-refractivity contribution in [3.63, 3.8) is 0 Å². The largest absolute Gasteiger partial charge is 0.508 e. The molecule has 0 heterocycles. The van der Waals surface area contributed by atoms with Crippen molar-refractivity contribution >= 4 is 12.3 Å². The zero-order chi connectivity index (χ0) is 14.7. The first-order valence-electron chi connectivity index (χ1n) is 5.88. The molecule has 0 rings (SSSR count). The van der Waals surface area contributed by atoms with Crippen LogP contribution in [0.25, 0.3) is 0 Å². The molecule has 0 fully saturated rings. The third-order valence-electron chi connectivity index (χ3n) is 1.90. The highest BCUT2D eigenvalue weighted by atomic mass is 16.7. The van der Waals surface area contributed by atoms with Gasteiger partial charge in [-0.05, 0) is 13.8 Å². The monoisotopic (exact) mass is 272 g/mol. The summed E-state index contributed by atoms with van der Waals surface area (Å²) in [5.74, 6) is 0. The molecule has 0 aliphatic heterocycles. The van der Waals surface area contributed by atoms with E-state index in [1.165, 1.54) is 12.2 Å². The van der Waals surface area contributed by atoms with Crippen LogP contribution in [-0.4, -0.2) is 37.7 Å². The standard InChI is InChI=1S/C13H20O6/c1-5-7-16-12(14)18-10(3)9-11(4)19-13(15)17-8-6-2/h5-6,10-11H,1-2,7-9H2,3-4H3/t10-,11-/m1/s1. The van der Waals surface area contributed by atoms with Crippen LogP contribution in [0, 0.1) is 0 Å². The third-order valence-corrected chi connectivity index (χ3v) is 1.90. The first-order chi connectivity index (χ1) is 8.99. The molecule has 0 unspecified atom stereocenters. The van der Waals surface area contributed by atoms with Crippen LogP contribution in [0.5, 0.6) is 0 Å². The van der Waals surface area contributed by atoms with E-state index in [0.717, 1.165) is 0 Å². The highest BCUT2D eigenvalue weighted by Gasteiger charge is 2.17. The number of ether oxygens (including phenoxy) is 4. The Morgan fingerprint density at radius 3 is 1.63 bits per heavy atom. The predicted molar refractivity (Wildman–Crippen MR) is 68.8 cm³/mol. The number of rotatable bonds is 8. The fourth-order valence-corrected chi connectivity index (χ4v) is 1.21. The normalized spacial score (nSPS) is 12.7. The second kappa shape index (κ2) is 9.99. The van der Waals surface area contributed by atoms with Gasteiger partial charge in [-0.1, -0.05) is 25.3 Å². The lowest BCUT2D eigenvalue weighted by atomic mass is 10.2. The molecule has 0 aliphatic carbocycles. The van der Waals surface area contributed by atoms with Gasteiger partial charge in [-0.2, -0.15) is 0 Å². The topological polar surface area (TPSA) is 71.1 Å². The molecule has 6 nitrogen and oxygen atoms in total. The molecule has 0 bridgehead atoms. The summed E-state index contributed by atoms with van der Waals surface area (Å²) in [4.78, 5) is 22.2. The molecule has 19 heavy (non-hydrogen) atoms. The first-order valence-corrected chi connectivity index (χ1v) is 5.88. The average Bonchev–Trinajstić information content (AvgIpc) is 2.33. The minimum Gasteiger partial charge on any atom is -0.431 e. The van der Waals surface area contributed by atoms with Gasteiger partial charge in [0.25, 0.3) is 0 Å². The van der Waals surface area contributed by atoms with Crippen molar-refractivity contribution in [2.24, 2.45) is 0 Å². The van der Waals surface area contributed by atoms with Crippen molar-refractivity contribution in [2.75, 3.05) is 13.2 Å². The van der Waals surface area contributed by atoms with Crippen LogP contribution in [0.4, 0.5) is 9.59 Å². The van der Waals surface area contributed by atoms with Gasteiger partial charge in [-0.25, -0.2) is 9.59 Å². The van der Waals surface area contributed by atoms with Gasteiger partial charge in [0.2, 0.25) is 0 Å². The summed E-state index contributed by atoms with van der Waals surface area (Å²) >= 11 is 0. The Balaban J connectivity index is 3.87. The maximum Gasteiger partial charge on any atom is 0.508 e. The van der Waals surface area contributed by atoms with Crippen molar-refractivity contribution in [1.82, 2.24) is 0 Å². The molecule has 0 spiro atoms. The minimum atomic E-state index is -0.783. The molecule has 0 radical (unpaired) electrons. The highest BCUT2D eigenvalue weighted by Crippen LogP contribution is 2.08. The Morgan fingerprint density at radius 2 is 1.32 bits per heavy atom. The summed E-state index contributed by atoms with van der Waals surface area (Å²) in [6, 6.07) is 0. The Labute approximate surface area is 113 Å². The van der Waals surface area contributed by atoms with E-state index in [-0.39, 0.29) is 13.2 Å². The Morgan fingerprint density at radius 1 is 0.947 bits per heavy atom. The quantitative estimate of drug-likeness (QED) is 0.500. The summed E-state index contributed by atoms with van der Waals surface area (Å²) in [7, 11) is 0. The lowest BCUT2D eigenvalue weighted by molar-refractivity contribution is -0.00176. The fourth-order valence-electron chi connectivity index (χ4n) is 1.21. The molecule has 0 saturated heterocycles. The van der Waals surface area contributed by atoms with Gasteiger partial charge < -0.3 is 18.9 Å². The molecule has 6 heteroatoms. The molecule has 0 aromatic rings. The van der Waals surface area contributed by atoms with Crippen LogP contribution in [0.3, 0.4) is 0 Å². The molecule has 0 saturated carbocycles. The zero-order valence-electron chi connectivity index (χ0n) is 11.3. The van der Waals surface area contributed by atoms with E-state index in [4.69, 9.17) is 9.47 Å². The van der Waals surface area contributed by atoms with E-state index < -0.39 is 24.5 Å². The van der Waals surface area contributed by atoms with Crippen LogP contribution < -0.4 is 0 Å². The van der Waals surface area contributed by atoms with E-state index in [9.17, 15) is 9.59 Å². The summed E-state index contributed by atoms with van der Waals surface area (Å²) in [6.07, 6.45) is 0.758. The molecule has 0 aromatic heterocycles. The third kappa shape index (κ3) is 9.70. The van der Waals surface area contributed by atoms with E-state index in [1.807, 2.05) is 0 Å². The number of hydrogen-bond donors (Lipinski definition) is 0. The van der Waals surface area contributed by atoms with Crippen LogP contribution >= 0.6 is 0 Å². The van der Waals surface area contributed by atoms with Gasteiger partial charge >= 0.3 is 12.3 Å². The van der Waals surface area contributed by atoms with Crippen molar-refractivity contribution in [3.05, 3.63) is 25.3 Å². The molecular weight excluding hydrogens is 252 g/mol. The Bertz CT molecular complexity index is 282. The molecule has 2 atom stereocenters. The zero-order valence-corrected chi connectivity index (χ0v) is 11.3. The van der Waals surface area contributed by atoms with Gasteiger partial charge in [-0.15, -0.1) is 0 Å². The Kier molecular flexibility index (Phi) is 8.95. The van der Waals surface area contributed by atoms with Crippen LogP contribution in [-0.2, 0) is 18.9 Å². The molecule has 0 amide bonds. The lowest BCUT2D eigenvalue weighted by Gasteiger charge is -2.17. The van der Waals surface area contributed by atoms with Crippen molar-refractivity contribution in [2.45, 2.75) is 32.5 Å². The average molecular weight is 272 g/mol. The molecule has 0 N–H and O–H groups in total. The van der Waals surface area contributed by atoms with E-state index in [1.54, 1.807) is 13.8 Å².